The van der Waals surface area contributed by atoms with Gasteiger partial charge in [-0.3, -0.25) is 4.90 Å². The van der Waals surface area contributed by atoms with E-state index in [9.17, 15) is 4.79 Å². The molecule has 0 saturated heterocycles. The Morgan fingerprint density at radius 3 is 2.67 bits per heavy atom. The Bertz CT molecular complexity index is 643. The number of rotatable bonds is 4. The van der Waals surface area contributed by atoms with Gasteiger partial charge in [0.05, 0.1) is 11.7 Å². The molecule has 1 unspecified atom stereocenters. The average molecular weight is 398 g/mol. The molecule has 1 heterocycles. The molecule has 1 aromatic heterocycles. The molecule has 5 nitrogen and oxygen atoms in total. The molecule has 0 spiro atoms. The third-order valence-electron chi connectivity index (χ3n) is 4.11. The van der Waals surface area contributed by atoms with Gasteiger partial charge in [0.2, 0.25) is 0 Å². The number of carbonyl (C=O) groups is 1. The van der Waals surface area contributed by atoms with Gasteiger partial charge in [0.25, 0.3) is 0 Å². The second-order valence-electron chi connectivity index (χ2n) is 7.33. The molecular formula is C18H28BrN3O2. The van der Waals surface area contributed by atoms with Crippen molar-refractivity contribution in [2.24, 2.45) is 0 Å². The first-order valence-corrected chi connectivity index (χ1v) is 9.37. The summed E-state index contributed by atoms with van der Waals surface area (Å²) in [7, 11) is 0. The van der Waals surface area contributed by atoms with E-state index in [0.717, 1.165) is 36.5 Å². The van der Waals surface area contributed by atoms with E-state index in [1.807, 2.05) is 27.7 Å². The number of hydrogen-bond acceptors (Lipinski definition) is 3. The quantitative estimate of drug-likeness (QED) is 0.759. The summed E-state index contributed by atoms with van der Waals surface area (Å²) in [5, 5.41) is 0. The van der Waals surface area contributed by atoms with Crippen molar-refractivity contribution in [1.82, 2.24) is 14.9 Å². The highest BCUT2D eigenvalue weighted by molar-refractivity contribution is 9.11. The number of imidazole rings is 1. The normalized spacial score (nSPS) is 16.0. The number of aryl methyl sites for hydroxylation is 1. The first-order valence-electron chi connectivity index (χ1n) is 8.58. The van der Waals surface area contributed by atoms with Crippen molar-refractivity contribution in [3.63, 3.8) is 0 Å². The molecule has 0 bridgehead atoms. The maximum absolute atomic E-state index is 12.6. The van der Waals surface area contributed by atoms with E-state index in [4.69, 9.17) is 9.72 Å². The van der Waals surface area contributed by atoms with E-state index >= 15 is 0 Å². The number of nitrogens with one attached hydrogen (secondary N) is 1. The number of aromatic nitrogens is 2. The number of hydrogen-bond donors (Lipinski definition) is 1. The van der Waals surface area contributed by atoms with Crippen LogP contribution in [0, 0.1) is 0 Å². The average Bonchev–Trinajstić information content (AvgIpc) is 2.91. The molecule has 1 N–H and O–H groups in total. The Hall–Kier alpha value is -1.30. The van der Waals surface area contributed by atoms with Crippen LogP contribution in [0.1, 0.15) is 77.6 Å². The molecule has 0 aliphatic heterocycles. The zero-order valence-corrected chi connectivity index (χ0v) is 17.1. The minimum atomic E-state index is -0.505. The molecule has 2 rings (SSSR count). The zero-order chi connectivity index (χ0) is 18.1. The number of carbonyl (C=O) groups excluding carboxylic acids is 1. The molecule has 134 valence electrons. The van der Waals surface area contributed by atoms with Gasteiger partial charge in [-0.15, -0.1) is 0 Å². The van der Waals surface area contributed by atoms with Gasteiger partial charge in [-0.2, -0.15) is 0 Å². The van der Waals surface area contributed by atoms with Crippen molar-refractivity contribution >= 4 is 27.6 Å². The van der Waals surface area contributed by atoms with Crippen molar-refractivity contribution in [3.8, 4) is 0 Å². The fraction of sp³-hybridized carbons (Fsp3) is 0.667. The van der Waals surface area contributed by atoms with E-state index in [-0.39, 0.29) is 12.1 Å². The lowest BCUT2D eigenvalue weighted by molar-refractivity contribution is 0.0166. The predicted octanol–water partition coefficient (Wildman–Crippen LogP) is 5.19. The Labute approximate surface area is 153 Å². The van der Waals surface area contributed by atoms with Crippen molar-refractivity contribution < 1.29 is 9.53 Å². The van der Waals surface area contributed by atoms with Gasteiger partial charge >= 0.3 is 6.09 Å². The lowest BCUT2D eigenvalue weighted by atomic mass is 10.0. The van der Waals surface area contributed by atoms with Crippen LogP contribution < -0.4 is 0 Å². The van der Waals surface area contributed by atoms with E-state index < -0.39 is 5.60 Å². The summed E-state index contributed by atoms with van der Waals surface area (Å²) in [6.07, 6.45) is 2.50. The topological polar surface area (TPSA) is 58.2 Å². The van der Waals surface area contributed by atoms with Gasteiger partial charge in [0.15, 0.2) is 0 Å². The van der Waals surface area contributed by atoms with Gasteiger partial charge < -0.3 is 9.72 Å². The highest BCUT2D eigenvalue weighted by atomic mass is 79.9. The number of allylic oxidation sites excluding steroid dienone is 2. The fourth-order valence-corrected chi connectivity index (χ4v) is 3.21. The number of H-pyrrole nitrogens is 1. The van der Waals surface area contributed by atoms with Crippen LogP contribution >= 0.6 is 15.9 Å². The molecule has 6 heteroatoms. The summed E-state index contributed by atoms with van der Waals surface area (Å²) in [6.45, 7) is 12.4. The van der Waals surface area contributed by atoms with Gasteiger partial charge in [0.1, 0.15) is 11.4 Å². The zero-order valence-electron chi connectivity index (χ0n) is 15.5. The fourth-order valence-electron chi connectivity index (χ4n) is 2.82. The second-order valence-corrected chi connectivity index (χ2v) is 8.29. The van der Waals surface area contributed by atoms with E-state index in [0.29, 0.717) is 6.54 Å². The van der Waals surface area contributed by atoms with Crippen LogP contribution in [0.3, 0.4) is 0 Å². The lowest BCUT2D eigenvalue weighted by Gasteiger charge is -2.30. The lowest BCUT2D eigenvalue weighted by Crippen LogP contribution is -2.39. The van der Waals surface area contributed by atoms with E-state index in [2.05, 4.69) is 34.8 Å². The Kier molecular flexibility index (Phi) is 5.78. The maximum atomic E-state index is 12.6. The monoisotopic (exact) mass is 397 g/mol. The number of halogens is 1. The number of ether oxygens (including phenoxy) is 1. The minimum Gasteiger partial charge on any atom is -0.444 e. The van der Waals surface area contributed by atoms with Crippen LogP contribution in [0.4, 0.5) is 4.79 Å². The molecule has 0 aromatic carbocycles. The first kappa shape index (κ1) is 19.0. The smallest absolute Gasteiger partial charge is 0.410 e. The van der Waals surface area contributed by atoms with Gasteiger partial charge in [-0.1, -0.05) is 22.9 Å². The highest BCUT2D eigenvalue weighted by Crippen LogP contribution is 2.34. The van der Waals surface area contributed by atoms with Gasteiger partial charge in [0, 0.05) is 16.7 Å². The molecule has 0 radical (unpaired) electrons. The first-order chi connectivity index (χ1) is 11.1. The SMILES string of the molecule is CCCN(C(=O)OC(C)(C)C)C(C)c1nc2c([nH]1)CCC(Br)=C2C. The van der Waals surface area contributed by atoms with Crippen LogP contribution in [0.2, 0.25) is 0 Å². The van der Waals surface area contributed by atoms with Gasteiger partial charge in [-0.25, -0.2) is 9.78 Å². The summed E-state index contributed by atoms with van der Waals surface area (Å²) < 4.78 is 6.77. The highest BCUT2D eigenvalue weighted by Gasteiger charge is 2.29. The summed E-state index contributed by atoms with van der Waals surface area (Å²) >= 11 is 3.62. The second kappa shape index (κ2) is 7.30. The van der Waals surface area contributed by atoms with Crippen LogP contribution in [0.25, 0.3) is 5.57 Å². The van der Waals surface area contributed by atoms with Crippen LogP contribution in [0.5, 0.6) is 0 Å². The molecule has 1 aliphatic rings. The van der Waals surface area contributed by atoms with Gasteiger partial charge in [-0.05, 0) is 59.5 Å². The molecule has 1 aliphatic carbocycles. The van der Waals surface area contributed by atoms with E-state index in [1.165, 1.54) is 10.1 Å². The standard InChI is InChI=1S/C18H28BrN3O2/c1-7-10-22(17(23)24-18(4,5)6)12(3)16-20-14-9-8-13(19)11(2)15(14)21-16/h12H,7-10H2,1-6H3,(H,20,21). The molecule has 0 fully saturated rings. The number of amides is 1. The molecule has 1 atom stereocenters. The minimum absolute atomic E-state index is 0.156. The summed E-state index contributed by atoms with van der Waals surface area (Å²) in [5.74, 6) is 0.820. The summed E-state index contributed by atoms with van der Waals surface area (Å²) in [4.78, 5) is 22.5. The molecule has 24 heavy (non-hydrogen) atoms. The maximum Gasteiger partial charge on any atom is 0.410 e. The molecule has 0 saturated carbocycles. The number of nitrogens with zero attached hydrogens (tertiary/aromatic N) is 2. The summed E-state index contributed by atoms with van der Waals surface area (Å²) in [6, 6.07) is -0.156. The van der Waals surface area contributed by atoms with Crippen LogP contribution in [-0.2, 0) is 11.2 Å². The largest absolute Gasteiger partial charge is 0.444 e. The number of aromatic amines is 1. The third kappa shape index (κ3) is 4.21. The van der Waals surface area contributed by atoms with Crippen LogP contribution in [0.15, 0.2) is 4.48 Å². The van der Waals surface area contributed by atoms with Crippen LogP contribution in [-0.4, -0.2) is 33.1 Å². The van der Waals surface area contributed by atoms with Crippen molar-refractivity contribution in [2.45, 2.75) is 72.4 Å². The van der Waals surface area contributed by atoms with Crippen molar-refractivity contribution in [1.29, 1.82) is 0 Å². The predicted molar refractivity (Wildman–Crippen MR) is 100 cm³/mol. The van der Waals surface area contributed by atoms with Crippen molar-refractivity contribution in [3.05, 3.63) is 21.7 Å². The molecular weight excluding hydrogens is 370 g/mol. The Morgan fingerprint density at radius 2 is 2.08 bits per heavy atom. The third-order valence-corrected chi connectivity index (χ3v) is 5.10. The molecule has 1 amide bonds. The Morgan fingerprint density at radius 1 is 1.42 bits per heavy atom. The van der Waals surface area contributed by atoms with E-state index in [1.54, 1.807) is 4.90 Å². The number of fused-ring (bicyclic) bond motifs is 1. The Balaban J connectivity index is 2.26. The summed E-state index contributed by atoms with van der Waals surface area (Å²) in [5.41, 5.74) is 2.83. The van der Waals surface area contributed by atoms with Crippen molar-refractivity contribution in [2.75, 3.05) is 6.54 Å². The molecule has 1 aromatic rings.